The molecule has 0 aliphatic carbocycles. The number of carboxylic acid groups (broad SMARTS) is 1. The van der Waals surface area contributed by atoms with E-state index < -0.39 is 35.3 Å². The number of benzene rings is 1. The van der Waals surface area contributed by atoms with Crippen LogP contribution in [0.5, 0.6) is 0 Å². The number of ether oxygens (including phenoxy) is 1. The molecule has 22 heavy (non-hydrogen) atoms. The average molecular weight is 315 g/mol. The first-order valence-corrected chi connectivity index (χ1v) is 6.75. The van der Waals surface area contributed by atoms with Crippen LogP contribution in [0.4, 0.5) is 13.6 Å². The highest BCUT2D eigenvalue weighted by molar-refractivity contribution is 5.80. The van der Waals surface area contributed by atoms with Gasteiger partial charge in [0, 0.05) is 0 Å². The minimum Gasteiger partial charge on any atom is -0.480 e. The van der Waals surface area contributed by atoms with Gasteiger partial charge in [0.05, 0.1) is 0 Å². The first-order valence-electron chi connectivity index (χ1n) is 6.75. The Kier molecular flexibility index (Phi) is 5.84. The van der Waals surface area contributed by atoms with E-state index in [0.717, 1.165) is 12.1 Å². The number of aliphatic carboxylic acids is 1. The van der Waals surface area contributed by atoms with E-state index in [-0.39, 0.29) is 12.8 Å². The molecule has 1 amide bonds. The predicted molar refractivity (Wildman–Crippen MR) is 75.5 cm³/mol. The Morgan fingerprint density at radius 3 is 2.41 bits per heavy atom. The highest BCUT2D eigenvalue weighted by Crippen LogP contribution is 2.12. The van der Waals surface area contributed by atoms with Crippen LogP contribution in [0.2, 0.25) is 0 Å². The van der Waals surface area contributed by atoms with Crippen molar-refractivity contribution >= 4 is 12.1 Å². The molecule has 1 aromatic carbocycles. The van der Waals surface area contributed by atoms with Gasteiger partial charge in [-0.15, -0.1) is 0 Å². The maximum Gasteiger partial charge on any atom is 0.408 e. The minimum absolute atomic E-state index is 0.0274. The van der Waals surface area contributed by atoms with Crippen molar-refractivity contribution in [2.75, 3.05) is 0 Å². The van der Waals surface area contributed by atoms with E-state index in [2.05, 4.69) is 5.32 Å². The Hall–Kier alpha value is -2.18. The van der Waals surface area contributed by atoms with Gasteiger partial charge in [-0.1, -0.05) is 6.07 Å². The quantitative estimate of drug-likeness (QED) is 0.876. The third-order valence-electron chi connectivity index (χ3n) is 2.69. The van der Waals surface area contributed by atoms with Crippen molar-refractivity contribution in [3.63, 3.8) is 0 Å². The Labute approximate surface area is 127 Å². The summed E-state index contributed by atoms with van der Waals surface area (Å²) in [5, 5.41) is 11.3. The van der Waals surface area contributed by atoms with Crippen molar-refractivity contribution in [2.24, 2.45) is 0 Å². The van der Waals surface area contributed by atoms with Crippen LogP contribution < -0.4 is 5.32 Å². The summed E-state index contributed by atoms with van der Waals surface area (Å²) >= 11 is 0. The lowest BCUT2D eigenvalue weighted by Gasteiger charge is -2.22. The van der Waals surface area contributed by atoms with Gasteiger partial charge in [0.1, 0.15) is 11.6 Å². The van der Waals surface area contributed by atoms with Crippen molar-refractivity contribution in [3.8, 4) is 0 Å². The predicted octanol–water partition coefficient (Wildman–Crippen LogP) is 2.88. The van der Waals surface area contributed by atoms with E-state index >= 15 is 0 Å². The Bertz CT molecular complexity index is 555. The highest BCUT2D eigenvalue weighted by Gasteiger charge is 2.23. The molecular formula is C15H19F2NO4. The van der Waals surface area contributed by atoms with E-state index in [1.54, 1.807) is 20.8 Å². The lowest BCUT2D eigenvalue weighted by Crippen LogP contribution is -2.43. The zero-order chi connectivity index (χ0) is 16.9. The number of amides is 1. The fourth-order valence-electron chi connectivity index (χ4n) is 1.71. The maximum absolute atomic E-state index is 13.1. The molecule has 2 N–H and O–H groups in total. The lowest BCUT2D eigenvalue weighted by molar-refractivity contribution is -0.139. The van der Waals surface area contributed by atoms with Crippen molar-refractivity contribution in [1.82, 2.24) is 5.32 Å². The Balaban J connectivity index is 2.63. The van der Waals surface area contributed by atoms with Gasteiger partial charge in [0.25, 0.3) is 0 Å². The standard InChI is InChI=1S/C15H19F2NO4/c1-15(2,3)22-14(21)18-12(13(19)20)7-5-9-4-6-10(16)11(17)8-9/h4,6,8,12H,5,7H2,1-3H3,(H,18,21)(H,19,20)/t12-/m1/s1. The number of hydrogen-bond donors (Lipinski definition) is 2. The molecule has 0 fully saturated rings. The molecule has 0 aliphatic rings. The van der Waals surface area contributed by atoms with Crippen LogP contribution in [0.1, 0.15) is 32.8 Å². The molecule has 0 aliphatic heterocycles. The van der Waals surface area contributed by atoms with Crippen molar-refractivity contribution in [3.05, 3.63) is 35.4 Å². The maximum atomic E-state index is 13.1. The van der Waals surface area contributed by atoms with Gasteiger partial charge in [0.2, 0.25) is 0 Å². The molecule has 1 atom stereocenters. The molecule has 0 heterocycles. The summed E-state index contributed by atoms with van der Waals surface area (Å²) < 4.78 is 30.9. The summed E-state index contributed by atoms with van der Waals surface area (Å²) in [5.74, 6) is -3.19. The zero-order valence-corrected chi connectivity index (χ0v) is 12.7. The molecule has 0 saturated heterocycles. The van der Waals surface area contributed by atoms with Gasteiger partial charge in [-0.25, -0.2) is 18.4 Å². The number of rotatable bonds is 5. The van der Waals surface area contributed by atoms with Crippen LogP contribution in [0.3, 0.4) is 0 Å². The second-order valence-corrected chi connectivity index (χ2v) is 5.82. The van der Waals surface area contributed by atoms with Crippen LogP contribution in [-0.2, 0) is 16.0 Å². The van der Waals surface area contributed by atoms with Crippen LogP contribution in [0.15, 0.2) is 18.2 Å². The largest absolute Gasteiger partial charge is 0.480 e. The van der Waals surface area contributed by atoms with Crippen LogP contribution >= 0.6 is 0 Å². The molecule has 0 unspecified atom stereocenters. The van der Waals surface area contributed by atoms with Gasteiger partial charge in [-0.05, 0) is 51.3 Å². The van der Waals surface area contributed by atoms with E-state index in [1.807, 2.05) is 0 Å². The number of hydrogen-bond acceptors (Lipinski definition) is 3. The number of carbonyl (C=O) groups excluding carboxylic acids is 1. The molecular weight excluding hydrogens is 296 g/mol. The number of carboxylic acids is 1. The van der Waals surface area contributed by atoms with Gasteiger partial charge in [-0.2, -0.15) is 0 Å². The first kappa shape index (κ1) is 17.9. The molecule has 1 rings (SSSR count). The topological polar surface area (TPSA) is 75.6 Å². The van der Waals surface area contributed by atoms with E-state index in [1.165, 1.54) is 6.07 Å². The van der Waals surface area contributed by atoms with Crippen LogP contribution in [0.25, 0.3) is 0 Å². The smallest absolute Gasteiger partial charge is 0.408 e. The number of halogens is 2. The van der Waals surface area contributed by atoms with Crippen LogP contribution in [0, 0.1) is 11.6 Å². The molecule has 0 saturated carbocycles. The number of aryl methyl sites for hydroxylation is 1. The van der Waals surface area contributed by atoms with Crippen molar-refractivity contribution in [1.29, 1.82) is 0 Å². The van der Waals surface area contributed by atoms with Crippen molar-refractivity contribution in [2.45, 2.75) is 45.3 Å². The normalized spacial score (nSPS) is 12.6. The monoisotopic (exact) mass is 315 g/mol. The minimum atomic E-state index is -1.23. The van der Waals surface area contributed by atoms with Crippen LogP contribution in [-0.4, -0.2) is 28.8 Å². The van der Waals surface area contributed by atoms with Crippen molar-refractivity contribution < 1.29 is 28.2 Å². The summed E-state index contributed by atoms with van der Waals surface area (Å²) in [6, 6.07) is 2.16. The third kappa shape index (κ3) is 6.07. The lowest BCUT2D eigenvalue weighted by atomic mass is 10.1. The van der Waals surface area contributed by atoms with E-state index in [4.69, 9.17) is 9.84 Å². The number of alkyl carbamates (subject to hydrolysis) is 1. The first-order chi connectivity index (χ1) is 10.1. The molecule has 1 aromatic rings. The SMILES string of the molecule is CC(C)(C)OC(=O)N[C@H](CCc1ccc(F)c(F)c1)C(=O)O. The fraction of sp³-hybridized carbons (Fsp3) is 0.467. The van der Waals surface area contributed by atoms with Gasteiger partial charge in [0.15, 0.2) is 11.6 Å². The summed E-state index contributed by atoms with van der Waals surface area (Å²) in [7, 11) is 0. The average Bonchev–Trinajstić information content (AvgIpc) is 2.36. The second kappa shape index (κ2) is 7.20. The summed E-state index contributed by atoms with van der Waals surface area (Å²) in [4.78, 5) is 22.7. The molecule has 5 nitrogen and oxygen atoms in total. The Morgan fingerprint density at radius 1 is 1.27 bits per heavy atom. The number of nitrogens with one attached hydrogen (secondary N) is 1. The molecule has 7 heteroatoms. The number of carbonyl (C=O) groups is 2. The molecule has 0 bridgehead atoms. The molecule has 0 spiro atoms. The van der Waals surface area contributed by atoms with Gasteiger partial charge < -0.3 is 15.2 Å². The Morgan fingerprint density at radius 2 is 1.91 bits per heavy atom. The van der Waals surface area contributed by atoms with Gasteiger partial charge in [-0.3, -0.25) is 0 Å². The summed E-state index contributed by atoms with van der Waals surface area (Å²) in [5.41, 5.74) is -0.302. The second-order valence-electron chi connectivity index (χ2n) is 5.82. The fourth-order valence-corrected chi connectivity index (χ4v) is 1.71. The third-order valence-corrected chi connectivity index (χ3v) is 2.69. The summed E-state index contributed by atoms with van der Waals surface area (Å²) in [6.07, 6.45) is -0.644. The molecule has 122 valence electrons. The highest BCUT2D eigenvalue weighted by atomic mass is 19.2. The summed E-state index contributed by atoms with van der Waals surface area (Å²) in [6.45, 7) is 4.97. The van der Waals surface area contributed by atoms with Gasteiger partial charge >= 0.3 is 12.1 Å². The van der Waals surface area contributed by atoms with E-state index in [9.17, 15) is 18.4 Å². The molecule has 0 radical (unpaired) electrons. The zero-order valence-electron chi connectivity index (χ0n) is 12.7. The molecule has 0 aromatic heterocycles. The van der Waals surface area contributed by atoms with E-state index in [0.29, 0.717) is 5.56 Å².